The molecule has 0 aromatic rings. The average Bonchev–Trinajstić information content (AvgIpc) is 2.37. The summed E-state index contributed by atoms with van der Waals surface area (Å²) >= 11 is 0. The molecule has 0 radical (unpaired) electrons. The van der Waals surface area contributed by atoms with Gasteiger partial charge in [-0.1, -0.05) is 45.4 Å². The van der Waals surface area contributed by atoms with Gasteiger partial charge in [-0.2, -0.15) is 0 Å². The standard InChI is InChI=1S/C16H30O/c1-2-3-5-13-8-10-14(11-9-13)15-6-4-7-16(17)12-15/h13-17H,2-12H2,1H3. The summed E-state index contributed by atoms with van der Waals surface area (Å²) in [5.41, 5.74) is 0. The molecule has 0 aromatic heterocycles. The van der Waals surface area contributed by atoms with Gasteiger partial charge >= 0.3 is 0 Å². The van der Waals surface area contributed by atoms with Gasteiger partial charge in [0.25, 0.3) is 0 Å². The molecule has 100 valence electrons. The minimum atomic E-state index is 0.0200. The summed E-state index contributed by atoms with van der Waals surface area (Å²) in [6.07, 6.45) is 14.9. The third-order valence-electron chi connectivity index (χ3n) is 5.21. The minimum Gasteiger partial charge on any atom is -0.393 e. The van der Waals surface area contributed by atoms with Crippen LogP contribution in [0.5, 0.6) is 0 Å². The van der Waals surface area contributed by atoms with E-state index in [1.54, 1.807) is 0 Å². The lowest BCUT2D eigenvalue weighted by molar-refractivity contribution is 0.0640. The second-order valence-corrected chi connectivity index (χ2v) is 6.50. The van der Waals surface area contributed by atoms with Gasteiger partial charge < -0.3 is 5.11 Å². The molecule has 0 aliphatic heterocycles. The van der Waals surface area contributed by atoms with Gasteiger partial charge in [0.2, 0.25) is 0 Å². The molecule has 2 aliphatic rings. The zero-order valence-corrected chi connectivity index (χ0v) is 11.5. The van der Waals surface area contributed by atoms with Crippen LogP contribution in [-0.4, -0.2) is 11.2 Å². The molecule has 2 unspecified atom stereocenters. The molecule has 0 heterocycles. The number of hydrogen-bond donors (Lipinski definition) is 1. The SMILES string of the molecule is CCCCC1CCC(C2CCCC(O)C2)CC1. The number of rotatable bonds is 4. The second kappa shape index (κ2) is 6.78. The lowest BCUT2D eigenvalue weighted by Gasteiger charge is -2.37. The maximum Gasteiger partial charge on any atom is 0.0543 e. The fourth-order valence-electron chi connectivity index (χ4n) is 4.07. The largest absolute Gasteiger partial charge is 0.393 e. The van der Waals surface area contributed by atoms with Crippen molar-refractivity contribution in [2.75, 3.05) is 0 Å². The number of unbranched alkanes of at least 4 members (excludes halogenated alkanes) is 1. The van der Waals surface area contributed by atoms with Gasteiger partial charge in [-0.15, -0.1) is 0 Å². The zero-order valence-electron chi connectivity index (χ0n) is 11.5. The van der Waals surface area contributed by atoms with Crippen LogP contribution in [0.1, 0.15) is 77.6 Å². The Labute approximate surface area is 107 Å². The Morgan fingerprint density at radius 3 is 2.35 bits per heavy atom. The molecule has 0 bridgehead atoms. The van der Waals surface area contributed by atoms with E-state index in [1.165, 1.54) is 57.8 Å². The maximum atomic E-state index is 9.78. The van der Waals surface area contributed by atoms with E-state index in [2.05, 4.69) is 6.92 Å². The molecule has 0 saturated heterocycles. The van der Waals surface area contributed by atoms with E-state index in [0.717, 1.165) is 30.6 Å². The molecule has 2 rings (SSSR count). The van der Waals surface area contributed by atoms with Gasteiger partial charge in [0.15, 0.2) is 0 Å². The first-order valence-corrected chi connectivity index (χ1v) is 7.97. The highest BCUT2D eigenvalue weighted by atomic mass is 16.3. The lowest BCUT2D eigenvalue weighted by atomic mass is 9.70. The summed E-state index contributed by atoms with van der Waals surface area (Å²) in [6.45, 7) is 2.30. The van der Waals surface area contributed by atoms with E-state index in [-0.39, 0.29) is 6.10 Å². The summed E-state index contributed by atoms with van der Waals surface area (Å²) < 4.78 is 0. The molecule has 0 spiro atoms. The van der Waals surface area contributed by atoms with Crippen molar-refractivity contribution in [3.05, 3.63) is 0 Å². The van der Waals surface area contributed by atoms with Crippen LogP contribution in [0.15, 0.2) is 0 Å². The van der Waals surface area contributed by atoms with E-state index in [9.17, 15) is 5.11 Å². The van der Waals surface area contributed by atoms with Crippen molar-refractivity contribution < 1.29 is 5.11 Å². The Hall–Kier alpha value is -0.0400. The fourth-order valence-corrected chi connectivity index (χ4v) is 4.07. The van der Waals surface area contributed by atoms with Gasteiger partial charge in [-0.3, -0.25) is 0 Å². The number of aliphatic hydroxyl groups is 1. The Kier molecular flexibility index (Phi) is 5.34. The Morgan fingerprint density at radius 2 is 1.71 bits per heavy atom. The van der Waals surface area contributed by atoms with Crippen LogP contribution < -0.4 is 0 Å². The quantitative estimate of drug-likeness (QED) is 0.762. The fraction of sp³-hybridized carbons (Fsp3) is 1.00. The van der Waals surface area contributed by atoms with Crippen molar-refractivity contribution >= 4 is 0 Å². The molecular weight excluding hydrogens is 208 g/mol. The smallest absolute Gasteiger partial charge is 0.0543 e. The van der Waals surface area contributed by atoms with E-state index >= 15 is 0 Å². The Morgan fingerprint density at radius 1 is 0.941 bits per heavy atom. The monoisotopic (exact) mass is 238 g/mol. The van der Waals surface area contributed by atoms with E-state index in [1.807, 2.05) is 0 Å². The van der Waals surface area contributed by atoms with Crippen LogP contribution >= 0.6 is 0 Å². The van der Waals surface area contributed by atoms with Crippen molar-refractivity contribution in [1.29, 1.82) is 0 Å². The van der Waals surface area contributed by atoms with Gasteiger partial charge in [-0.25, -0.2) is 0 Å². The van der Waals surface area contributed by atoms with Crippen molar-refractivity contribution in [3.8, 4) is 0 Å². The maximum absolute atomic E-state index is 9.78. The van der Waals surface area contributed by atoms with Gasteiger partial charge in [-0.05, 0) is 49.9 Å². The molecule has 2 saturated carbocycles. The average molecular weight is 238 g/mol. The van der Waals surface area contributed by atoms with Gasteiger partial charge in [0.1, 0.15) is 0 Å². The number of aliphatic hydroxyl groups excluding tert-OH is 1. The van der Waals surface area contributed by atoms with Crippen LogP contribution in [0.25, 0.3) is 0 Å². The summed E-state index contributed by atoms with van der Waals surface area (Å²) in [6, 6.07) is 0. The van der Waals surface area contributed by atoms with Crippen molar-refractivity contribution in [1.82, 2.24) is 0 Å². The molecule has 2 fully saturated rings. The molecule has 0 amide bonds. The molecule has 1 nitrogen and oxygen atoms in total. The molecule has 2 aliphatic carbocycles. The molecule has 0 aromatic carbocycles. The summed E-state index contributed by atoms with van der Waals surface area (Å²) in [5, 5.41) is 9.78. The van der Waals surface area contributed by atoms with Crippen molar-refractivity contribution in [3.63, 3.8) is 0 Å². The highest BCUT2D eigenvalue weighted by Crippen LogP contribution is 2.41. The first-order valence-electron chi connectivity index (χ1n) is 7.97. The third kappa shape index (κ3) is 3.98. The summed E-state index contributed by atoms with van der Waals surface area (Å²) in [7, 11) is 0. The highest BCUT2D eigenvalue weighted by molar-refractivity contribution is 4.82. The first kappa shape index (κ1) is 13.4. The normalized spacial score (nSPS) is 39.2. The summed E-state index contributed by atoms with van der Waals surface area (Å²) in [4.78, 5) is 0. The number of hydrogen-bond acceptors (Lipinski definition) is 1. The van der Waals surface area contributed by atoms with Crippen LogP contribution in [0.4, 0.5) is 0 Å². The van der Waals surface area contributed by atoms with Crippen molar-refractivity contribution in [2.24, 2.45) is 17.8 Å². The highest BCUT2D eigenvalue weighted by Gasteiger charge is 2.30. The van der Waals surface area contributed by atoms with Gasteiger partial charge in [0.05, 0.1) is 6.10 Å². The van der Waals surface area contributed by atoms with Crippen LogP contribution in [0.3, 0.4) is 0 Å². The molecule has 1 N–H and O–H groups in total. The third-order valence-corrected chi connectivity index (χ3v) is 5.21. The predicted octanol–water partition coefficient (Wildman–Crippen LogP) is 4.53. The Bertz CT molecular complexity index is 206. The van der Waals surface area contributed by atoms with Crippen LogP contribution in [0.2, 0.25) is 0 Å². The minimum absolute atomic E-state index is 0.0200. The molecular formula is C16H30O. The second-order valence-electron chi connectivity index (χ2n) is 6.50. The van der Waals surface area contributed by atoms with E-state index in [4.69, 9.17) is 0 Å². The molecule has 17 heavy (non-hydrogen) atoms. The summed E-state index contributed by atoms with van der Waals surface area (Å²) in [5.74, 6) is 2.83. The zero-order chi connectivity index (χ0) is 12.1. The predicted molar refractivity (Wildman–Crippen MR) is 72.9 cm³/mol. The topological polar surface area (TPSA) is 20.2 Å². The van der Waals surface area contributed by atoms with Crippen LogP contribution in [0, 0.1) is 17.8 Å². The first-order chi connectivity index (χ1) is 8.29. The molecule has 2 atom stereocenters. The van der Waals surface area contributed by atoms with Crippen LogP contribution in [-0.2, 0) is 0 Å². The van der Waals surface area contributed by atoms with E-state index in [0.29, 0.717) is 0 Å². The van der Waals surface area contributed by atoms with Gasteiger partial charge in [0, 0.05) is 0 Å². The van der Waals surface area contributed by atoms with Crippen molar-refractivity contribution in [2.45, 2.75) is 83.7 Å². The van der Waals surface area contributed by atoms with E-state index < -0.39 is 0 Å². The Balaban J connectivity index is 1.71. The lowest BCUT2D eigenvalue weighted by Crippen LogP contribution is -2.28. The molecule has 1 heteroatoms.